The largest absolute Gasteiger partial charge is 0.385 e. The lowest BCUT2D eigenvalue weighted by Gasteiger charge is -2.40. The predicted molar refractivity (Wildman–Crippen MR) is 137 cm³/mol. The van der Waals surface area contributed by atoms with Gasteiger partial charge < -0.3 is 20.4 Å². The molecule has 34 heavy (non-hydrogen) atoms. The molecule has 2 aromatic rings. The van der Waals surface area contributed by atoms with Crippen LogP contribution in [0, 0.1) is 0 Å². The number of anilines is 1. The first-order valence-corrected chi connectivity index (χ1v) is 12.5. The molecule has 3 N–H and O–H groups in total. The summed E-state index contributed by atoms with van der Waals surface area (Å²) >= 11 is 0. The fourth-order valence-corrected chi connectivity index (χ4v) is 4.91. The maximum atomic E-state index is 4.65. The molecule has 180 valence electrons. The molecule has 1 aromatic carbocycles. The van der Waals surface area contributed by atoms with Crippen LogP contribution >= 0.6 is 0 Å². The van der Waals surface area contributed by atoms with E-state index in [2.05, 4.69) is 78.2 Å². The summed E-state index contributed by atoms with van der Waals surface area (Å²) in [5, 5.41) is 11.8. The Morgan fingerprint density at radius 3 is 2.71 bits per heavy atom. The van der Waals surface area contributed by atoms with Crippen molar-refractivity contribution >= 4 is 11.5 Å². The minimum absolute atomic E-state index is 0.786. The molecule has 4 heterocycles. The lowest BCUT2D eigenvalue weighted by atomic mass is 10.1. The van der Waals surface area contributed by atoms with Gasteiger partial charge in [-0.05, 0) is 81.8 Å². The SMILES string of the molecule is CN1CC2=C(NN=C(c3ccc(NCCCN4CCCCC4)cc3)N2)N(Cc2cccnc2)C1. The summed E-state index contributed by atoms with van der Waals surface area (Å²) in [4.78, 5) is 11.4. The molecule has 0 bridgehead atoms. The van der Waals surface area contributed by atoms with Crippen molar-refractivity contribution in [3.63, 3.8) is 0 Å². The van der Waals surface area contributed by atoms with E-state index in [0.717, 1.165) is 54.9 Å². The first-order valence-electron chi connectivity index (χ1n) is 12.5. The van der Waals surface area contributed by atoms with Crippen LogP contribution in [0.25, 0.3) is 0 Å². The third-order valence-corrected chi connectivity index (χ3v) is 6.67. The Morgan fingerprint density at radius 2 is 1.91 bits per heavy atom. The Kier molecular flexibility index (Phi) is 7.26. The van der Waals surface area contributed by atoms with E-state index in [4.69, 9.17) is 0 Å². The molecule has 3 aliphatic heterocycles. The summed E-state index contributed by atoms with van der Waals surface area (Å²) in [5.41, 5.74) is 7.87. The van der Waals surface area contributed by atoms with E-state index in [1.54, 1.807) is 0 Å². The molecule has 0 amide bonds. The van der Waals surface area contributed by atoms with Crippen LogP contribution in [0.3, 0.4) is 0 Å². The molecular formula is C26H36N8. The predicted octanol–water partition coefficient (Wildman–Crippen LogP) is 2.80. The van der Waals surface area contributed by atoms with Gasteiger partial charge in [0.15, 0.2) is 5.84 Å². The molecule has 1 saturated heterocycles. The first kappa shape index (κ1) is 22.7. The highest BCUT2D eigenvalue weighted by Crippen LogP contribution is 2.21. The van der Waals surface area contributed by atoms with Crippen molar-refractivity contribution in [2.45, 2.75) is 32.2 Å². The number of hydrogen-bond acceptors (Lipinski definition) is 8. The minimum atomic E-state index is 0.786. The van der Waals surface area contributed by atoms with E-state index in [1.165, 1.54) is 50.9 Å². The van der Waals surface area contributed by atoms with Gasteiger partial charge in [0, 0.05) is 43.3 Å². The van der Waals surface area contributed by atoms with Crippen LogP contribution in [0.15, 0.2) is 65.4 Å². The highest BCUT2D eigenvalue weighted by molar-refractivity contribution is 6.00. The van der Waals surface area contributed by atoms with Crippen LogP contribution in [0.4, 0.5) is 5.69 Å². The zero-order valence-electron chi connectivity index (χ0n) is 20.1. The van der Waals surface area contributed by atoms with Crippen molar-refractivity contribution in [3.05, 3.63) is 71.4 Å². The van der Waals surface area contributed by atoms with Crippen LogP contribution in [0.5, 0.6) is 0 Å². The second-order valence-corrected chi connectivity index (χ2v) is 9.50. The molecule has 0 spiro atoms. The third-order valence-electron chi connectivity index (χ3n) is 6.67. The molecule has 1 fully saturated rings. The molecule has 0 aliphatic carbocycles. The summed E-state index contributed by atoms with van der Waals surface area (Å²) in [5.74, 6) is 1.89. The third kappa shape index (κ3) is 5.69. The van der Waals surface area contributed by atoms with Crippen molar-refractivity contribution < 1.29 is 0 Å². The van der Waals surface area contributed by atoms with Crippen LogP contribution in [-0.2, 0) is 6.54 Å². The van der Waals surface area contributed by atoms with E-state index >= 15 is 0 Å². The number of hydrazone groups is 1. The standard InChI is InChI=1S/C26H36N8/c1-32-19-24-26(34(20-32)18-21-7-5-12-27-17-21)31-30-25(29-24)22-8-10-23(11-9-22)28-13-6-16-33-14-3-2-4-15-33/h5,7-12,17,28,31H,2-4,6,13-16,18-20H2,1H3,(H,29,30). The number of nitrogens with zero attached hydrogens (tertiary/aromatic N) is 5. The highest BCUT2D eigenvalue weighted by atomic mass is 15.5. The van der Waals surface area contributed by atoms with Crippen molar-refractivity contribution in [2.24, 2.45) is 5.10 Å². The molecule has 0 saturated carbocycles. The van der Waals surface area contributed by atoms with Gasteiger partial charge in [0.2, 0.25) is 0 Å². The smallest absolute Gasteiger partial charge is 0.157 e. The zero-order valence-corrected chi connectivity index (χ0v) is 20.1. The maximum Gasteiger partial charge on any atom is 0.157 e. The van der Waals surface area contributed by atoms with Crippen LogP contribution < -0.4 is 16.1 Å². The van der Waals surface area contributed by atoms with Crippen molar-refractivity contribution in [2.75, 3.05) is 51.8 Å². The molecular weight excluding hydrogens is 424 g/mol. The normalized spacial score (nSPS) is 19.2. The van der Waals surface area contributed by atoms with E-state index < -0.39 is 0 Å². The summed E-state index contributed by atoms with van der Waals surface area (Å²) in [6, 6.07) is 12.6. The fraction of sp³-hybridized carbons (Fsp3) is 0.462. The number of rotatable bonds is 8. The van der Waals surface area contributed by atoms with Gasteiger partial charge in [-0.3, -0.25) is 15.3 Å². The van der Waals surface area contributed by atoms with Gasteiger partial charge >= 0.3 is 0 Å². The van der Waals surface area contributed by atoms with Gasteiger partial charge in [-0.1, -0.05) is 12.5 Å². The number of aromatic nitrogens is 1. The number of amidine groups is 1. The zero-order chi connectivity index (χ0) is 23.2. The number of likely N-dealkylation sites (tertiary alicyclic amines) is 1. The number of likely N-dealkylation sites (N-methyl/N-ethyl adjacent to an activating group) is 1. The molecule has 8 heteroatoms. The average Bonchev–Trinajstić information content (AvgIpc) is 2.88. The topological polar surface area (TPSA) is 71.1 Å². The van der Waals surface area contributed by atoms with Crippen LogP contribution in [0.1, 0.15) is 36.8 Å². The number of hydrogen-bond donors (Lipinski definition) is 3. The molecule has 0 unspecified atom stereocenters. The van der Waals surface area contributed by atoms with Gasteiger partial charge in [0.05, 0.1) is 12.4 Å². The van der Waals surface area contributed by atoms with Crippen molar-refractivity contribution in [1.82, 2.24) is 30.4 Å². The molecule has 5 rings (SSSR count). The average molecular weight is 461 g/mol. The van der Waals surface area contributed by atoms with Crippen molar-refractivity contribution in [1.29, 1.82) is 0 Å². The summed E-state index contributed by atoms with van der Waals surface area (Å²) < 4.78 is 0. The van der Waals surface area contributed by atoms with Crippen LogP contribution in [0.2, 0.25) is 0 Å². The molecule has 1 aromatic heterocycles. The number of benzene rings is 1. The Morgan fingerprint density at radius 1 is 1.06 bits per heavy atom. The second-order valence-electron chi connectivity index (χ2n) is 9.50. The number of nitrogens with one attached hydrogen (secondary N) is 3. The Labute approximate surface area is 202 Å². The first-order chi connectivity index (χ1) is 16.7. The van der Waals surface area contributed by atoms with E-state index in [9.17, 15) is 0 Å². The summed E-state index contributed by atoms with van der Waals surface area (Å²) in [6.45, 7) is 7.22. The van der Waals surface area contributed by atoms with E-state index in [-0.39, 0.29) is 0 Å². The second kappa shape index (κ2) is 10.9. The van der Waals surface area contributed by atoms with Gasteiger partial charge in [0.25, 0.3) is 0 Å². The number of piperidine rings is 1. The Bertz CT molecular complexity index is 995. The van der Waals surface area contributed by atoms with Crippen molar-refractivity contribution in [3.8, 4) is 0 Å². The molecule has 8 nitrogen and oxygen atoms in total. The fourth-order valence-electron chi connectivity index (χ4n) is 4.91. The van der Waals surface area contributed by atoms with Gasteiger partial charge in [-0.15, -0.1) is 0 Å². The van der Waals surface area contributed by atoms with E-state index in [0.29, 0.717) is 0 Å². The van der Waals surface area contributed by atoms with Gasteiger partial charge in [-0.25, -0.2) is 0 Å². The van der Waals surface area contributed by atoms with Crippen LogP contribution in [-0.4, -0.2) is 72.0 Å². The van der Waals surface area contributed by atoms with Gasteiger partial charge in [-0.2, -0.15) is 5.10 Å². The Hall–Kier alpha value is -3.10. The number of pyridine rings is 1. The maximum absolute atomic E-state index is 4.65. The lowest BCUT2D eigenvalue weighted by Crippen LogP contribution is -2.51. The van der Waals surface area contributed by atoms with E-state index in [1.807, 2.05) is 18.5 Å². The molecule has 3 aliphatic rings. The molecule has 0 atom stereocenters. The molecule has 0 radical (unpaired) electrons. The highest BCUT2D eigenvalue weighted by Gasteiger charge is 2.27. The summed E-state index contributed by atoms with van der Waals surface area (Å²) in [7, 11) is 2.14. The quantitative estimate of drug-likeness (QED) is 0.523. The summed E-state index contributed by atoms with van der Waals surface area (Å²) in [6.07, 6.45) is 9.03. The van der Waals surface area contributed by atoms with Gasteiger partial charge in [0.1, 0.15) is 5.82 Å². The Balaban J connectivity index is 1.15. The monoisotopic (exact) mass is 460 g/mol. The lowest BCUT2D eigenvalue weighted by molar-refractivity contribution is 0.154. The minimum Gasteiger partial charge on any atom is -0.385 e.